The number of rotatable bonds is 3. The van der Waals surface area contributed by atoms with Crippen molar-refractivity contribution in [2.75, 3.05) is 0 Å². The summed E-state index contributed by atoms with van der Waals surface area (Å²) in [6.45, 7) is 2.09. The summed E-state index contributed by atoms with van der Waals surface area (Å²) >= 11 is 0. The standard InChI is InChI=1S/C12H15N3/c1-2-11(13)10-5-3-4-6-12(10)15-8-7-14-9-15/h3-9,11H,2,13H2,1H3/t11-/m0/s1. The van der Waals surface area contributed by atoms with Gasteiger partial charge in [0.2, 0.25) is 0 Å². The Morgan fingerprint density at radius 2 is 2.20 bits per heavy atom. The molecule has 0 saturated carbocycles. The molecule has 15 heavy (non-hydrogen) atoms. The van der Waals surface area contributed by atoms with Crippen LogP contribution in [0, 0.1) is 0 Å². The van der Waals surface area contributed by atoms with Gasteiger partial charge in [-0.2, -0.15) is 0 Å². The molecule has 0 saturated heterocycles. The maximum absolute atomic E-state index is 6.07. The molecular weight excluding hydrogens is 186 g/mol. The van der Waals surface area contributed by atoms with Gasteiger partial charge in [0.25, 0.3) is 0 Å². The predicted octanol–water partition coefficient (Wildman–Crippen LogP) is 2.28. The lowest BCUT2D eigenvalue weighted by atomic mass is 10.0. The lowest BCUT2D eigenvalue weighted by Gasteiger charge is -2.14. The van der Waals surface area contributed by atoms with Gasteiger partial charge < -0.3 is 10.3 Å². The zero-order valence-electron chi connectivity index (χ0n) is 8.80. The first-order valence-electron chi connectivity index (χ1n) is 5.15. The van der Waals surface area contributed by atoms with Crippen LogP contribution in [0.25, 0.3) is 5.69 Å². The zero-order valence-corrected chi connectivity index (χ0v) is 8.80. The topological polar surface area (TPSA) is 43.8 Å². The van der Waals surface area contributed by atoms with Crippen LogP contribution in [0.15, 0.2) is 43.0 Å². The highest BCUT2D eigenvalue weighted by atomic mass is 15.0. The smallest absolute Gasteiger partial charge is 0.0991 e. The number of nitrogens with zero attached hydrogens (tertiary/aromatic N) is 2. The molecule has 3 nitrogen and oxygen atoms in total. The molecule has 2 N–H and O–H groups in total. The van der Waals surface area contributed by atoms with Crippen LogP contribution in [0.3, 0.4) is 0 Å². The van der Waals surface area contributed by atoms with Crippen molar-refractivity contribution in [3.63, 3.8) is 0 Å². The molecule has 78 valence electrons. The van der Waals surface area contributed by atoms with Crippen LogP contribution in [0.1, 0.15) is 24.9 Å². The molecule has 0 aliphatic rings. The Hall–Kier alpha value is -1.61. The molecule has 0 bridgehead atoms. The average Bonchev–Trinajstić information content (AvgIpc) is 2.81. The lowest BCUT2D eigenvalue weighted by molar-refractivity contribution is 0.692. The fourth-order valence-corrected chi connectivity index (χ4v) is 1.66. The third kappa shape index (κ3) is 1.92. The molecule has 0 amide bonds. The summed E-state index contributed by atoms with van der Waals surface area (Å²) in [6, 6.07) is 8.26. The second-order valence-electron chi connectivity index (χ2n) is 3.54. The molecule has 0 spiro atoms. The van der Waals surface area contributed by atoms with Crippen LogP contribution in [0.5, 0.6) is 0 Å². The summed E-state index contributed by atoms with van der Waals surface area (Å²) in [5, 5.41) is 0. The van der Waals surface area contributed by atoms with E-state index in [9.17, 15) is 0 Å². The number of para-hydroxylation sites is 1. The maximum Gasteiger partial charge on any atom is 0.0991 e. The Bertz CT molecular complexity index is 420. The van der Waals surface area contributed by atoms with Crippen LogP contribution in [0.2, 0.25) is 0 Å². The number of nitrogens with two attached hydrogens (primary N) is 1. The van der Waals surface area contributed by atoms with Crippen molar-refractivity contribution in [2.45, 2.75) is 19.4 Å². The quantitative estimate of drug-likeness (QED) is 0.828. The van der Waals surface area contributed by atoms with Crippen molar-refractivity contribution < 1.29 is 0 Å². The zero-order chi connectivity index (χ0) is 10.7. The van der Waals surface area contributed by atoms with Gasteiger partial charge in [-0.05, 0) is 18.1 Å². The molecule has 1 aromatic heterocycles. The maximum atomic E-state index is 6.07. The molecule has 0 aliphatic heterocycles. The number of hydrogen-bond acceptors (Lipinski definition) is 2. The van der Waals surface area contributed by atoms with Crippen LogP contribution < -0.4 is 5.73 Å². The molecule has 1 atom stereocenters. The van der Waals surface area contributed by atoms with Crippen LogP contribution >= 0.6 is 0 Å². The summed E-state index contributed by atoms with van der Waals surface area (Å²) in [7, 11) is 0. The van der Waals surface area contributed by atoms with Crippen molar-refractivity contribution in [1.82, 2.24) is 9.55 Å². The van der Waals surface area contributed by atoms with Crippen LogP contribution in [-0.2, 0) is 0 Å². The van der Waals surface area contributed by atoms with Gasteiger partial charge in [-0.1, -0.05) is 25.1 Å². The normalized spacial score (nSPS) is 12.7. The molecule has 0 unspecified atom stereocenters. The monoisotopic (exact) mass is 201 g/mol. The number of hydrogen-bond donors (Lipinski definition) is 1. The van der Waals surface area contributed by atoms with Gasteiger partial charge >= 0.3 is 0 Å². The third-order valence-electron chi connectivity index (χ3n) is 2.56. The number of aromatic nitrogens is 2. The van der Waals surface area contributed by atoms with Crippen molar-refractivity contribution in [1.29, 1.82) is 0 Å². The van der Waals surface area contributed by atoms with E-state index in [2.05, 4.69) is 24.0 Å². The highest BCUT2D eigenvalue weighted by molar-refractivity contribution is 5.42. The molecule has 0 aliphatic carbocycles. The average molecular weight is 201 g/mol. The first-order chi connectivity index (χ1) is 7.33. The summed E-state index contributed by atoms with van der Waals surface area (Å²) in [5.74, 6) is 0. The third-order valence-corrected chi connectivity index (χ3v) is 2.56. The predicted molar refractivity (Wildman–Crippen MR) is 60.8 cm³/mol. The Morgan fingerprint density at radius 3 is 2.87 bits per heavy atom. The molecule has 2 rings (SSSR count). The first kappa shape index (κ1) is 9.93. The molecule has 2 aromatic rings. The van der Waals surface area contributed by atoms with Gasteiger partial charge in [0.05, 0.1) is 12.0 Å². The SMILES string of the molecule is CC[C@H](N)c1ccccc1-n1ccnc1. The van der Waals surface area contributed by atoms with E-state index in [1.165, 1.54) is 0 Å². The van der Waals surface area contributed by atoms with E-state index in [0.717, 1.165) is 17.7 Å². The van der Waals surface area contributed by atoms with Gasteiger partial charge in [0.1, 0.15) is 0 Å². The van der Waals surface area contributed by atoms with E-state index in [0.29, 0.717) is 0 Å². The summed E-state index contributed by atoms with van der Waals surface area (Å²) in [6.07, 6.45) is 6.43. The van der Waals surface area contributed by atoms with E-state index >= 15 is 0 Å². The molecule has 3 heteroatoms. The minimum Gasteiger partial charge on any atom is -0.324 e. The van der Waals surface area contributed by atoms with Crippen LogP contribution in [0.4, 0.5) is 0 Å². The number of benzene rings is 1. The first-order valence-corrected chi connectivity index (χ1v) is 5.15. The van der Waals surface area contributed by atoms with E-state index in [4.69, 9.17) is 5.73 Å². The van der Waals surface area contributed by atoms with Crippen LogP contribution in [-0.4, -0.2) is 9.55 Å². The Labute approximate surface area is 89.6 Å². The van der Waals surface area contributed by atoms with E-state index in [1.54, 1.807) is 12.5 Å². The summed E-state index contributed by atoms with van der Waals surface area (Å²) < 4.78 is 1.99. The Morgan fingerprint density at radius 1 is 1.40 bits per heavy atom. The number of imidazole rings is 1. The lowest BCUT2D eigenvalue weighted by Crippen LogP contribution is -2.11. The summed E-state index contributed by atoms with van der Waals surface area (Å²) in [4.78, 5) is 4.05. The molecular formula is C12H15N3. The molecule has 1 aromatic carbocycles. The van der Waals surface area contributed by atoms with Gasteiger partial charge in [0.15, 0.2) is 0 Å². The van der Waals surface area contributed by atoms with Gasteiger partial charge in [-0.25, -0.2) is 4.98 Å². The fraction of sp³-hybridized carbons (Fsp3) is 0.250. The second kappa shape index (κ2) is 4.28. The molecule has 0 fully saturated rings. The fourth-order valence-electron chi connectivity index (χ4n) is 1.66. The minimum absolute atomic E-state index is 0.0867. The largest absolute Gasteiger partial charge is 0.324 e. The summed E-state index contributed by atoms with van der Waals surface area (Å²) in [5.41, 5.74) is 8.35. The van der Waals surface area contributed by atoms with E-state index < -0.39 is 0 Å². The van der Waals surface area contributed by atoms with E-state index in [-0.39, 0.29) is 6.04 Å². The Balaban J connectivity index is 2.47. The second-order valence-corrected chi connectivity index (χ2v) is 3.54. The van der Waals surface area contributed by atoms with E-state index in [1.807, 2.05) is 22.9 Å². The molecule has 1 heterocycles. The highest BCUT2D eigenvalue weighted by Crippen LogP contribution is 2.21. The van der Waals surface area contributed by atoms with Crippen molar-refractivity contribution in [2.24, 2.45) is 5.73 Å². The van der Waals surface area contributed by atoms with Crippen molar-refractivity contribution >= 4 is 0 Å². The van der Waals surface area contributed by atoms with Gasteiger partial charge in [-0.3, -0.25) is 0 Å². The van der Waals surface area contributed by atoms with Crippen molar-refractivity contribution in [3.8, 4) is 5.69 Å². The van der Waals surface area contributed by atoms with Crippen molar-refractivity contribution in [3.05, 3.63) is 48.5 Å². The molecule has 0 radical (unpaired) electrons. The van der Waals surface area contributed by atoms with Gasteiger partial charge in [0, 0.05) is 18.4 Å². The van der Waals surface area contributed by atoms with Gasteiger partial charge in [-0.15, -0.1) is 0 Å². The minimum atomic E-state index is 0.0867. The highest BCUT2D eigenvalue weighted by Gasteiger charge is 2.09. The Kier molecular flexibility index (Phi) is 2.83.